The lowest BCUT2D eigenvalue weighted by Gasteiger charge is -2.21. The third-order valence-corrected chi connectivity index (χ3v) is 3.12. The summed E-state index contributed by atoms with van der Waals surface area (Å²) in [6.45, 7) is 3.38. The number of aromatic carboxylic acids is 2. The third-order valence-electron chi connectivity index (χ3n) is 3.12. The fourth-order valence-electron chi connectivity index (χ4n) is 1.87. The van der Waals surface area contributed by atoms with Gasteiger partial charge in [-0.25, -0.2) is 15.0 Å². The van der Waals surface area contributed by atoms with Crippen LogP contribution in [0.2, 0.25) is 0 Å². The largest absolute Gasteiger partial charge is 0.478 e. The molecule has 0 fully saturated rings. The molecule has 0 aliphatic carbocycles. The van der Waals surface area contributed by atoms with Gasteiger partial charge >= 0.3 is 11.9 Å². The van der Waals surface area contributed by atoms with Crippen molar-refractivity contribution in [2.24, 2.45) is 5.73 Å². The minimum Gasteiger partial charge on any atom is -0.478 e. The first kappa shape index (κ1) is 18.2. The number of rotatable bonds is 3. The SMILES string of the molecule is CN1C=CC(C)(C(N)=O)N1.Cc1cc(C(=O)O)cc(C(=O)O)c1. The lowest BCUT2D eigenvalue weighted by atomic mass is 10.0. The minimum absolute atomic E-state index is 0.00241. The Bertz CT molecular complexity index is 639. The summed E-state index contributed by atoms with van der Waals surface area (Å²) < 4.78 is 0. The number of carbonyl (C=O) groups excluding carboxylic acids is 1. The molecule has 1 aromatic carbocycles. The average molecular weight is 321 g/mol. The summed E-state index contributed by atoms with van der Waals surface area (Å²) in [6, 6.07) is 3.99. The topological polar surface area (TPSA) is 133 Å². The Kier molecular flexibility index (Phi) is 5.47. The number of carboxylic acid groups (broad SMARTS) is 2. The zero-order valence-electron chi connectivity index (χ0n) is 13.0. The normalized spacial score (nSPS) is 19.0. The van der Waals surface area contributed by atoms with Gasteiger partial charge in [0.15, 0.2) is 0 Å². The summed E-state index contributed by atoms with van der Waals surface area (Å²) in [6.07, 6.45) is 3.50. The van der Waals surface area contributed by atoms with Crippen molar-refractivity contribution in [3.8, 4) is 0 Å². The highest BCUT2D eigenvalue weighted by molar-refractivity contribution is 5.94. The van der Waals surface area contributed by atoms with Gasteiger partial charge in [-0.1, -0.05) is 0 Å². The number of hydrogen-bond acceptors (Lipinski definition) is 5. The molecule has 1 unspecified atom stereocenters. The molecule has 0 saturated heterocycles. The van der Waals surface area contributed by atoms with Gasteiger partial charge in [-0.05, 0) is 43.7 Å². The number of amides is 1. The van der Waals surface area contributed by atoms with Crippen molar-refractivity contribution in [3.63, 3.8) is 0 Å². The maximum atomic E-state index is 10.8. The van der Waals surface area contributed by atoms with E-state index in [1.54, 1.807) is 31.1 Å². The minimum atomic E-state index is -1.12. The van der Waals surface area contributed by atoms with Crippen LogP contribution in [0.25, 0.3) is 0 Å². The van der Waals surface area contributed by atoms with Crippen molar-refractivity contribution in [1.82, 2.24) is 10.4 Å². The van der Waals surface area contributed by atoms with Gasteiger partial charge < -0.3 is 21.0 Å². The second-order valence-corrected chi connectivity index (χ2v) is 5.30. The van der Waals surface area contributed by atoms with Crippen molar-refractivity contribution < 1.29 is 24.6 Å². The Balaban J connectivity index is 0.000000238. The smallest absolute Gasteiger partial charge is 0.335 e. The molecule has 2 rings (SSSR count). The van der Waals surface area contributed by atoms with E-state index in [1.165, 1.54) is 12.1 Å². The van der Waals surface area contributed by atoms with Crippen LogP contribution in [0.4, 0.5) is 0 Å². The van der Waals surface area contributed by atoms with Gasteiger partial charge in [-0.2, -0.15) is 0 Å². The maximum Gasteiger partial charge on any atom is 0.335 e. The van der Waals surface area contributed by atoms with E-state index in [9.17, 15) is 14.4 Å². The number of carbonyl (C=O) groups is 3. The number of nitrogens with zero attached hydrogens (tertiary/aromatic N) is 1. The number of primary amides is 1. The molecule has 0 bridgehead atoms. The number of carboxylic acids is 2. The van der Waals surface area contributed by atoms with Crippen LogP contribution in [0.5, 0.6) is 0 Å². The van der Waals surface area contributed by atoms with E-state index >= 15 is 0 Å². The predicted molar refractivity (Wildman–Crippen MR) is 82.7 cm³/mol. The van der Waals surface area contributed by atoms with Crippen molar-refractivity contribution in [2.75, 3.05) is 7.05 Å². The van der Waals surface area contributed by atoms with Crippen molar-refractivity contribution >= 4 is 17.8 Å². The van der Waals surface area contributed by atoms with Crippen LogP contribution in [0.1, 0.15) is 33.2 Å². The van der Waals surface area contributed by atoms with Crippen LogP contribution in [-0.4, -0.2) is 45.7 Å². The van der Waals surface area contributed by atoms with Crippen LogP contribution in [0.3, 0.4) is 0 Å². The molecule has 8 nitrogen and oxygen atoms in total. The molecule has 1 aliphatic heterocycles. The van der Waals surface area contributed by atoms with E-state index in [0.717, 1.165) is 6.07 Å². The Labute approximate surface area is 133 Å². The average Bonchev–Trinajstić information content (AvgIpc) is 2.80. The number of hydrogen-bond donors (Lipinski definition) is 4. The molecular weight excluding hydrogens is 302 g/mol. The number of aryl methyl sites for hydroxylation is 1. The lowest BCUT2D eigenvalue weighted by molar-refractivity contribution is -0.122. The third kappa shape index (κ3) is 4.82. The van der Waals surface area contributed by atoms with E-state index in [1.807, 2.05) is 7.05 Å². The Hall–Kier alpha value is -2.87. The first-order chi connectivity index (χ1) is 10.5. The maximum absolute atomic E-state index is 10.8. The molecular formula is C15H19N3O5. The number of hydrazine groups is 1. The number of nitrogens with two attached hydrogens (primary N) is 1. The van der Waals surface area contributed by atoms with E-state index in [2.05, 4.69) is 5.43 Å². The summed E-state index contributed by atoms with van der Waals surface area (Å²) in [5, 5.41) is 18.9. The monoisotopic (exact) mass is 321 g/mol. The highest BCUT2D eigenvalue weighted by Crippen LogP contribution is 2.11. The molecule has 0 radical (unpaired) electrons. The molecule has 1 heterocycles. The molecule has 8 heteroatoms. The van der Waals surface area contributed by atoms with E-state index in [4.69, 9.17) is 15.9 Å². The number of benzene rings is 1. The summed E-state index contributed by atoms with van der Waals surface area (Å²) in [7, 11) is 1.81. The van der Waals surface area contributed by atoms with E-state index in [-0.39, 0.29) is 17.0 Å². The molecule has 1 aliphatic rings. The van der Waals surface area contributed by atoms with Gasteiger partial charge in [0.25, 0.3) is 0 Å². The highest BCUT2D eigenvalue weighted by atomic mass is 16.4. The molecule has 23 heavy (non-hydrogen) atoms. The molecule has 1 amide bonds. The Morgan fingerprint density at radius 1 is 1.13 bits per heavy atom. The van der Waals surface area contributed by atoms with Gasteiger partial charge in [0, 0.05) is 13.2 Å². The molecule has 124 valence electrons. The summed E-state index contributed by atoms with van der Waals surface area (Å²) >= 11 is 0. The molecule has 1 aromatic rings. The van der Waals surface area contributed by atoms with Gasteiger partial charge in [-0.15, -0.1) is 0 Å². The fourth-order valence-corrected chi connectivity index (χ4v) is 1.87. The summed E-state index contributed by atoms with van der Waals surface area (Å²) in [4.78, 5) is 31.8. The second-order valence-electron chi connectivity index (χ2n) is 5.30. The van der Waals surface area contributed by atoms with Gasteiger partial charge in [0.1, 0.15) is 5.54 Å². The summed E-state index contributed by atoms with van der Waals surface area (Å²) in [5.74, 6) is -2.61. The zero-order valence-corrected chi connectivity index (χ0v) is 13.0. The van der Waals surface area contributed by atoms with Crippen LogP contribution < -0.4 is 11.2 Å². The van der Waals surface area contributed by atoms with Crippen LogP contribution in [0, 0.1) is 6.92 Å². The van der Waals surface area contributed by atoms with E-state index in [0.29, 0.717) is 5.56 Å². The zero-order chi connectivity index (χ0) is 17.8. The Morgan fingerprint density at radius 2 is 1.61 bits per heavy atom. The fraction of sp³-hybridized carbons (Fsp3) is 0.267. The first-order valence-corrected chi connectivity index (χ1v) is 6.63. The van der Waals surface area contributed by atoms with Crippen molar-refractivity contribution in [1.29, 1.82) is 0 Å². The standard InChI is InChI=1S/C9H8O4.C6H11N3O/c1-5-2-6(8(10)11)4-7(3-5)9(12)13;1-6(5(7)10)3-4-9(2)8-6/h2-4H,1H3,(H,10,11)(H,12,13);3-4,8H,1-2H3,(H2,7,10). The summed E-state index contributed by atoms with van der Waals surface area (Å²) in [5.41, 5.74) is 7.91. The highest BCUT2D eigenvalue weighted by Gasteiger charge is 2.32. The molecule has 5 N–H and O–H groups in total. The molecule has 0 saturated carbocycles. The van der Waals surface area contributed by atoms with Gasteiger partial charge in [0.2, 0.25) is 5.91 Å². The van der Waals surface area contributed by atoms with Gasteiger partial charge in [0.05, 0.1) is 11.1 Å². The van der Waals surface area contributed by atoms with Crippen LogP contribution in [-0.2, 0) is 4.79 Å². The first-order valence-electron chi connectivity index (χ1n) is 6.63. The molecule has 0 spiro atoms. The van der Waals surface area contributed by atoms with Crippen LogP contribution >= 0.6 is 0 Å². The lowest BCUT2D eigenvalue weighted by Crippen LogP contribution is -2.52. The van der Waals surface area contributed by atoms with E-state index < -0.39 is 17.5 Å². The second kappa shape index (κ2) is 6.93. The number of nitrogens with one attached hydrogen (secondary N) is 1. The Morgan fingerprint density at radius 3 is 1.87 bits per heavy atom. The predicted octanol–water partition coefficient (Wildman–Crippen LogP) is 0.586. The quantitative estimate of drug-likeness (QED) is 0.640. The van der Waals surface area contributed by atoms with Crippen LogP contribution in [0.15, 0.2) is 30.5 Å². The van der Waals surface area contributed by atoms with Crippen molar-refractivity contribution in [2.45, 2.75) is 19.4 Å². The van der Waals surface area contributed by atoms with Gasteiger partial charge in [-0.3, -0.25) is 4.79 Å². The van der Waals surface area contributed by atoms with Crippen molar-refractivity contribution in [3.05, 3.63) is 47.2 Å². The molecule has 0 aromatic heterocycles. The molecule has 1 atom stereocenters.